The summed E-state index contributed by atoms with van der Waals surface area (Å²) in [4.78, 5) is 9.97. The number of hydrogen-bond acceptors (Lipinski definition) is 2. The van der Waals surface area contributed by atoms with E-state index in [1.54, 1.807) is 19.9 Å². The highest BCUT2D eigenvalue weighted by Gasteiger charge is 2.10. The molecule has 0 atom stereocenters. The minimum atomic E-state index is -0.451. The highest BCUT2D eigenvalue weighted by Crippen LogP contribution is 2.14. The second-order valence-electron chi connectivity index (χ2n) is 2.24. The molecule has 0 aliphatic heterocycles. The third kappa shape index (κ3) is 3.48. The van der Waals surface area contributed by atoms with Crippen LogP contribution in [0, 0.1) is 10.1 Å². The van der Waals surface area contributed by atoms with Crippen LogP contribution < -0.4 is 0 Å². The number of allylic oxidation sites excluding steroid dienone is 4. The van der Waals surface area contributed by atoms with Crippen LogP contribution in [0.3, 0.4) is 0 Å². The molecule has 4 heteroatoms. The van der Waals surface area contributed by atoms with E-state index in [4.69, 9.17) is 0 Å². The third-order valence-electron chi connectivity index (χ3n) is 1.18. The largest absolute Gasteiger partial charge is 0.272 e. The Morgan fingerprint density at radius 3 is 2.42 bits per heavy atom. The number of halogens is 1. The Bertz CT molecular complexity index is 250. The number of nitrogens with zero attached hydrogens (tertiary/aromatic N) is 1. The molecule has 0 amide bonds. The minimum absolute atomic E-state index is 0.0278. The number of rotatable bonds is 3. The van der Waals surface area contributed by atoms with E-state index in [0.29, 0.717) is 10.1 Å². The van der Waals surface area contributed by atoms with Gasteiger partial charge in [0.1, 0.15) is 0 Å². The van der Waals surface area contributed by atoms with Gasteiger partial charge in [-0.2, -0.15) is 0 Å². The van der Waals surface area contributed by atoms with Crippen LogP contribution in [-0.2, 0) is 0 Å². The van der Waals surface area contributed by atoms with Gasteiger partial charge in [0.25, 0.3) is 5.70 Å². The monoisotopic (exact) mass is 231 g/mol. The van der Waals surface area contributed by atoms with Gasteiger partial charge in [0.2, 0.25) is 0 Å². The molecular weight excluding hydrogens is 222 g/mol. The van der Waals surface area contributed by atoms with Crippen LogP contribution in [0.15, 0.2) is 34.5 Å². The van der Waals surface area contributed by atoms with Crippen molar-refractivity contribution in [2.45, 2.75) is 13.8 Å². The van der Waals surface area contributed by atoms with Gasteiger partial charge in [0.15, 0.2) is 0 Å². The van der Waals surface area contributed by atoms with Crippen LogP contribution in [0.5, 0.6) is 0 Å². The molecule has 0 N–H and O–H groups in total. The maximum absolute atomic E-state index is 10.4. The van der Waals surface area contributed by atoms with Gasteiger partial charge >= 0.3 is 0 Å². The van der Waals surface area contributed by atoms with E-state index in [1.807, 2.05) is 0 Å². The molecule has 3 nitrogen and oxygen atoms in total. The van der Waals surface area contributed by atoms with Crippen molar-refractivity contribution in [2.24, 2.45) is 0 Å². The van der Waals surface area contributed by atoms with Crippen LogP contribution >= 0.6 is 15.9 Å². The molecule has 0 aliphatic rings. The van der Waals surface area contributed by atoms with Gasteiger partial charge in [-0.05, 0) is 13.8 Å². The van der Waals surface area contributed by atoms with Gasteiger partial charge in [-0.25, -0.2) is 0 Å². The molecule has 0 fully saturated rings. The molecule has 0 aromatic carbocycles. The highest BCUT2D eigenvalue weighted by molar-refractivity contribution is 9.11. The van der Waals surface area contributed by atoms with Crippen LogP contribution in [0.2, 0.25) is 0 Å². The second kappa shape index (κ2) is 4.87. The lowest BCUT2D eigenvalue weighted by molar-refractivity contribution is -0.420. The molecule has 66 valence electrons. The Balaban J connectivity index is 4.87. The van der Waals surface area contributed by atoms with Gasteiger partial charge in [-0.3, -0.25) is 10.1 Å². The fourth-order valence-electron chi connectivity index (χ4n) is 0.546. The molecule has 0 aromatic heterocycles. The zero-order valence-corrected chi connectivity index (χ0v) is 8.59. The molecular formula is C8H10BrNO2. The van der Waals surface area contributed by atoms with Crippen molar-refractivity contribution in [3.05, 3.63) is 44.6 Å². The Hall–Kier alpha value is -0.900. The van der Waals surface area contributed by atoms with Crippen LogP contribution in [0.1, 0.15) is 13.8 Å². The average molecular weight is 232 g/mol. The fraction of sp³-hybridized carbons (Fsp3) is 0.250. The van der Waals surface area contributed by atoms with Gasteiger partial charge in [-0.15, -0.1) is 0 Å². The molecule has 0 unspecified atom stereocenters. The van der Waals surface area contributed by atoms with E-state index in [-0.39, 0.29) is 5.70 Å². The molecule has 12 heavy (non-hydrogen) atoms. The topological polar surface area (TPSA) is 43.1 Å². The summed E-state index contributed by atoms with van der Waals surface area (Å²) in [6, 6.07) is 0. The molecule has 0 aliphatic carbocycles. The van der Waals surface area contributed by atoms with Gasteiger partial charge in [-0.1, -0.05) is 28.6 Å². The molecule has 0 saturated heterocycles. The van der Waals surface area contributed by atoms with E-state index < -0.39 is 4.92 Å². The van der Waals surface area contributed by atoms with Gasteiger partial charge in [0, 0.05) is 16.1 Å². The van der Waals surface area contributed by atoms with E-state index in [1.165, 1.54) is 6.08 Å². The van der Waals surface area contributed by atoms with Crippen molar-refractivity contribution in [3.63, 3.8) is 0 Å². The highest BCUT2D eigenvalue weighted by atomic mass is 79.9. The molecule has 0 heterocycles. The van der Waals surface area contributed by atoms with Crippen molar-refractivity contribution >= 4 is 15.9 Å². The maximum Gasteiger partial charge on any atom is 0.272 e. The first kappa shape index (κ1) is 11.1. The normalized spacial score (nSPS) is 12.9. The quantitative estimate of drug-likeness (QED) is 0.426. The summed E-state index contributed by atoms with van der Waals surface area (Å²) in [5, 5.41) is 10.4. The van der Waals surface area contributed by atoms with Crippen LogP contribution in [0.25, 0.3) is 0 Å². The summed E-state index contributed by atoms with van der Waals surface area (Å²) in [6.07, 6.45) is 3.16. The van der Waals surface area contributed by atoms with Crippen molar-refractivity contribution in [2.75, 3.05) is 0 Å². The molecule has 0 spiro atoms. The van der Waals surface area contributed by atoms with Crippen molar-refractivity contribution in [1.29, 1.82) is 0 Å². The predicted molar refractivity (Wildman–Crippen MR) is 52.6 cm³/mol. The average Bonchev–Trinajstić information content (AvgIpc) is 1.98. The van der Waals surface area contributed by atoms with E-state index >= 15 is 0 Å². The Morgan fingerprint density at radius 2 is 2.17 bits per heavy atom. The first-order valence-electron chi connectivity index (χ1n) is 3.32. The zero-order chi connectivity index (χ0) is 9.72. The summed E-state index contributed by atoms with van der Waals surface area (Å²) in [5.74, 6) is 0. The van der Waals surface area contributed by atoms with Gasteiger partial charge in [0.05, 0.1) is 4.92 Å². The maximum atomic E-state index is 10.4. The number of nitro groups is 1. The van der Waals surface area contributed by atoms with Crippen LogP contribution in [-0.4, -0.2) is 4.92 Å². The summed E-state index contributed by atoms with van der Waals surface area (Å²) < 4.78 is 0.678. The Labute approximate surface area is 79.7 Å². The summed E-state index contributed by atoms with van der Waals surface area (Å²) >= 11 is 3.15. The van der Waals surface area contributed by atoms with Crippen molar-refractivity contribution in [1.82, 2.24) is 0 Å². The van der Waals surface area contributed by atoms with Crippen LogP contribution in [0.4, 0.5) is 0 Å². The fourth-order valence-corrected chi connectivity index (χ4v) is 0.763. The third-order valence-corrected chi connectivity index (χ3v) is 1.87. The molecule has 0 rings (SSSR count). The minimum Gasteiger partial charge on any atom is -0.258 e. The SMILES string of the molecule is C=C(C)/C(=C\C(Br)=C/C)[N+](=O)[O-]. The Morgan fingerprint density at radius 1 is 1.67 bits per heavy atom. The first-order chi connectivity index (χ1) is 5.49. The molecule has 0 saturated carbocycles. The summed E-state index contributed by atoms with van der Waals surface area (Å²) in [6.45, 7) is 6.90. The smallest absolute Gasteiger partial charge is 0.258 e. The number of hydrogen-bond donors (Lipinski definition) is 0. The van der Waals surface area contributed by atoms with E-state index in [0.717, 1.165) is 0 Å². The molecule has 0 bridgehead atoms. The van der Waals surface area contributed by atoms with Crippen molar-refractivity contribution < 1.29 is 4.92 Å². The summed E-state index contributed by atoms with van der Waals surface area (Å²) in [5.41, 5.74) is 0.471. The standard InChI is InChI=1S/C8H10BrNO2/c1-4-7(9)5-8(6(2)3)10(11)12/h4-5H,2H2,1,3H3/b7-4+,8-5+. The lowest BCUT2D eigenvalue weighted by Gasteiger charge is -1.95. The van der Waals surface area contributed by atoms with E-state index in [9.17, 15) is 10.1 Å². The predicted octanol–water partition coefficient (Wildman–Crippen LogP) is 3.02. The lowest BCUT2D eigenvalue weighted by atomic mass is 10.2. The lowest BCUT2D eigenvalue weighted by Crippen LogP contribution is -1.99. The summed E-state index contributed by atoms with van der Waals surface area (Å²) in [7, 11) is 0. The first-order valence-corrected chi connectivity index (χ1v) is 4.12. The van der Waals surface area contributed by atoms with Crippen molar-refractivity contribution in [3.8, 4) is 0 Å². The van der Waals surface area contributed by atoms with E-state index in [2.05, 4.69) is 22.5 Å². The zero-order valence-electron chi connectivity index (χ0n) is 7.00. The molecule has 0 radical (unpaired) electrons. The second-order valence-corrected chi connectivity index (χ2v) is 3.16. The Kier molecular flexibility index (Phi) is 4.51. The molecule has 0 aromatic rings. The van der Waals surface area contributed by atoms with Gasteiger partial charge < -0.3 is 0 Å².